The number of nitrogens with one attached hydrogen (secondary N) is 1. The van der Waals surface area contributed by atoms with Crippen LogP contribution in [-0.2, 0) is 0 Å². The third kappa shape index (κ3) is 4.20. The molecule has 0 atom stereocenters. The Balaban J connectivity index is 1.77. The molecule has 2 aromatic carbocycles. The topological polar surface area (TPSA) is 43.3 Å². The summed E-state index contributed by atoms with van der Waals surface area (Å²) in [6.45, 7) is 0. The zero-order valence-corrected chi connectivity index (χ0v) is 12.8. The normalized spacial score (nSPS) is 11.2. The summed E-state index contributed by atoms with van der Waals surface area (Å²) >= 11 is 0. The zero-order valence-electron chi connectivity index (χ0n) is 12.8. The van der Waals surface area contributed by atoms with Crippen LogP contribution in [0.5, 0.6) is 5.75 Å². The lowest BCUT2D eigenvalue weighted by Crippen LogP contribution is -2.19. The van der Waals surface area contributed by atoms with Gasteiger partial charge < -0.3 is 14.6 Å². The van der Waals surface area contributed by atoms with Gasteiger partial charge in [-0.05, 0) is 48.5 Å². The number of carbonyl (C=O) groups excluding carboxylic acids is 1. The summed E-state index contributed by atoms with van der Waals surface area (Å²) in [5.41, 5.74) is 1.12. The molecule has 1 heterocycles. The Kier molecular flexibility index (Phi) is 4.47. The minimum absolute atomic E-state index is 0.0562. The van der Waals surface area contributed by atoms with E-state index in [0.717, 1.165) is 11.8 Å². The van der Waals surface area contributed by atoms with Crippen LogP contribution in [0.25, 0.3) is 5.69 Å². The third-order valence-electron chi connectivity index (χ3n) is 3.39. The standard InChI is InChI=1S/C18H13F3N2O2/c19-18(20,21)25-16-6-2-1-5-15(16)22-17(24)13-7-9-14(10-8-13)23-11-3-4-12-23/h1-12H,(H,22,24). The molecule has 0 saturated heterocycles. The molecule has 0 bridgehead atoms. The van der Waals surface area contributed by atoms with Crippen LogP contribution in [0.3, 0.4) is 0 Å². The van der Waals surface area contributed by atoms with Crippen molar-refractivity contribution in [1.29, 1.82) is 0 Å². The number of rotatable bonds is 4. The van der Waals surface area contributed by atoms with E-state index >= 15 is 0 Å². The molecular formula is C18H13F3N2O2. The van der Waals surface area contributed by atoms with Gasteiger partial charge in [0.15, 0.2) is 5.75 Å². The molecule has 4 nitrogen and oxygen atoms in total. The fourth-order valence-electron chi connectivity index (χ4n) is 2.27. The molecule has 3 aromatic rings. The largest absolute Gasteiger partial charge is 0.573 e. The minimum Gasteiger partial charge on any atom is -0.404 e. The molecule has 25 heavy (non-hydrogen) atoms. The Bertz CT molecular complexity index is 857. The number of ether oxygens (including phenoxy) is 1. The van der Waals surface area contributed by atoms with E-state index in [9.17, 15) is 18.0 Å². The fraction of sp³-hybridized carbons (Fsp3) is 0.0556. The average molecular weight is 346 g/mol. The first-order valence-electron chi connectivity index (χ1n) is 7.32. The molecule has 0 unspecified atom stereocenters. The molecule has 1 aromatic heterocycles. The van der Waals surface area contributed by atoms with Gasteiger partial charge in [0, 0.05) is 23.6 Å². The second-order valence-electron chi connectivity index (χ2n) is 5.14. The maximum atomic E-state index is 12.4. The number of hydrogen-bond acceptors (Lipinski definition) is 2. The van der Waals surface area contributed by atoms with Gasteiger partial charge in [0.2, 0.25) is 0 Å². The summed E-state index contributed by atoms with van der Waals surface area (Å²) in [6.07, 6.45) is -1.11. The molecular weight excluding hydrogens is 333 g/mol. The predicted molar refractivity (Wildman–Crippen MR) is 86.8 cm³/mol. The summed E-state index contributed by atoms with van der Waals surface area (Å²) in [5.74, 6) is -0.996. The number of halogens is 3. The number of nitrogens with zero attached hydrogens (tertiary/aromatic N) is 1. The fourth-order valence-corrected chi connectivity index (χ4v) is 2.27. The molecule has 1 N–H and O–H groups in total. The van der Waals surface area contributed by atoms with Crippen LogP contribution >= 0.6 is 0 Å². The Morgan fingerprint density at radius 1 is 0.920 bits per heavy atom. The van der Waals surface area contributed by atoms with Gasteiger partial charge in [-0.15, -0.1) is 13.2 Å². The molecule has 7 heteroatoms. The van der Waals surface area contributed by atoms with Crippen LogP contribution in [0.15, 0.2) is 73.1 Å². The van der Waals surface area contributed by atoms with E-state index in [2.05, 4.69) is 10.1 Å². The third-order valence-corrected chi connectivity index (χ3v) is 3.39. The van der Waals surface area contributed by atoms with E-state index in [4.69, 9.17) is 0 Å². The quantitative estimate of drug-likeness (QED) is 0.749. The molecule has 0 fully saturated rings. The lowest BCUT2D eigenvalue weighted by Gasteiger charge is -2.14. The highest BCUT2D eigenvalue weighted by molar-refractivity contribution is 6.05. The van der Waals surface area contributed by atoms with Gasteiger partial charge in [-0.25, -0.2) is 0 Å². The average Bonchev–Trinajstić information content (AvgIpc) is 3.10. The van der Waals surface area contributed by atoms with Crippen LogP contribution in [0.4, 0.5) is 18.9 Å². The van der Waals surface area contributed by atoms with Crippen LogP contribution in [0.1, 0.15) is 10.4 Å². The van der Waals surface area contributed by atoms with Crippen molar-refractivity contribution in [3.05, 3.63) is 78.6 Å². The highest BCUT2D eigenvalue weighted by Crippen LogP contribution is 2.30. The predicted octanol–water partition coefficient (Wildman–Crippen LogP) is 4.63. The molecule has 0 radical (unpaired) electrons. The lowest BCUT2D eigenvalue weighted by molar-refractivity contribution is -0.274. The number of benzene rings is 2. The Labute approximate surface area is 141 Å². The summed E-state index contributed by atoms with van der Waals surface area (Å²) < 4.78 is 43.1. The van der Waals surface area contributed by atoms with E-state index in [0.29, 0.717) is 5.56 Å². The van der Waals surface area contributed by atoms with Gasteiger partial charge in [-0.3, -0.25) is 4.79 Å². The van der Waals surface area contributed by atoms with E-state index in [1.165, 1.54) is 18.2 Å². The zero-order chi connectivity index (χ0) is 17.9. The molecule has 128 valence electrons. The Morgan fingerprint density at radius 3 is 2.20 bits per heavy atom. The molecule has 0 saturated carbocycles. The summed E-state index contributed by atoms with van der Waals surface area (Å²) in [7, 11) is 0. The molecule has 0 aliphatic heterocycles. The maximum Gasteiger partial charge on any atom is 0.573 e. The number of hydrogen-bond donors (Lipinski definition) is 1. The van der Waals surface area contributed by atoms with Crippen molar-refractivity contribution >= 4 is 11.6 Å². The first kappa shape index (κ1) is 16.6. The summed E-state index contributed by atoms with van der Waals surface area (Å²) in [6, 6.07) is 15.8. The Hall–Kier alpha value is -3.22. The van der Waals surface area contributed by atoms with Crippen LogP contribution in [0, 0.1) is 0 Å². The smallest absolute Gasteiger partial charge is 0.404 e. The maximum absolute atomic E-state index is 12.4. The highest BCUT2D eigenvalue weighted by Gasteiger charge is 2.32. The monoisotopic (exact) mass is 346 g/mol. The van der Waals surface area contributed by atoms with Crippen molar-refractivity contribution in [2.75, 3.05) is 5.32 Å². The number of amides is 1. The summed E-state index contributed by atoms with van der Waals surface area (Å²) in [4.78, 5) is 12.3. The number of carbonyl (C=O) groups is 1. The molecule has 0 spiro atoms. The van der Waals surface area contributed by atoms with Crippen LogP contribution < -0.4 is 10.1 Å². The minimum atomic E-state index is -4.83. The van der Waals surface area contributed by atoms with E-state index < -0.39 is 18.0 Å². The van der Waals surface area contributed by atoms with Gasteiger partial charge >= 0.3 is 6.36 Å². The van der Waals surface area contributed by atoms with E-state index in [-0.39, 0.29) is 5.69 Å². The number of alkyl halides is 3. The lowest BCUT2D eigenvalue weighted by atomic mass is 10.2. The van der Waals surface area contributed by atoms with Crippen LogP contribution in [-0.4, -0.2) is 16.8 Å². The first-order chi connectivity index (χ1) is 11.9. The number of para-hydroxylation sites is 2. The van der Waals surface area contributed by atoms with Gasteiger partial charge in [0.25, 0.3) is 5.91 Å². The van der Waals surface area contributed by atoms with Crippen LogP contribution in [0.2, 0.25) is 0 Å². The molecule has 0 aliphatic rings. The van der Waals surface area contributed by atoms with Crippen molar-refractivity contribution < 1.29 is 22.7 Å². The number of aromatic nitrogens is 1. The van der Waals surface area contributed by atoms with Gasteiger partial charge in [-0.1, -0.05) is 12.1 Å². The molecule has 1 amide bonds. The van der Waals surface area contributed by atoms with Crippen molar-refractivity contribution in [2.24, 2.45) is 0 Å². The van der Waals surface area contributed by atoms with Crippen molar-refractivity contribution in [1.82, 2.24) is 4.57 Å². The number of anilines is 1. The molecule has 0 aliphatic carbocycles. The first-order valence-corrected chi connectivity index (χ1v) is 7.32. The summed E-state index contributed by atoms with van der Waals surface area (Å²) in [5, 5.41) is 2.43. The van der Waals surface area contributed by atoms with Crippen molar-refractivity contribution in [3.8, 4) is 11.4 Å². The SMILES string of the molecule is O=C(Nc1ccccc1OC(F)(F)F)c1ccc(-n2cccc2)cc1. The van der Waals surface area contributed by atoms with Gasteiger partial charge in [0.05, 0.1) is 5.69 Å². The second kappa shape index (κ2) is 6.72. The van der Waals surface area contributed by atoms with Gasteiger partial charge in [0.1, 0.15) is 0 Å². The second-order valence-corrected chi connectivity index (χ2v) is 5.14. The van der Waals surface area contributed by atoms with E-state index in [1.807, 2.05) is 29.1 Å². The van der Waals surface area contributed by atoms with Gasteiger partial charge in [-0.2, -0.15) is 0 Å². The molecule has 3 rings (SSSR count). The Morgan fingerprint density at radius 2 is 1.56 bits per heavy atom. The van der Waals surface area contributed by atoms with Crippen molar-refractivity contribution in [2.45, 2.75) is 6.36 Å². The highest BCUT2D eigenvalue weighted by atomic mass is 19.4. The van der Waals surface area contributed by atoms with Crippen molar-refractivity contribution in [3.63, 3.8) is 0 Å². The van der Waals surface area contributed by atoms with E-state index in [1.54, 1.807) is 24.3 Å².